The van der Waals surface area contributed by atoms with Crippen LogP contribution in [0.5, 0.6) is 0 Å². The largest absolute Gasteiger partial charge is 0.480 e. The smallest absolute Gasteiger partial charge is 0.326 e. The Kier molecular flexibility index (Phi) is 10.8. The number of thioether (sulfide) groups is 1. The Labute approximate surface area is 204 Å². The molecular weight excluding hydrogens is 452 g/mol. The minimum absolute atomic E-state index is 0.0708. The number of aliphatic carboxylic acids is 1. The highest BCUT2D eigenvalue weighted by Gasteiger charge is 2.30. The molecule has 0 heterocycles. The average Bonchev–Trinajstić information content (AvgIpc) is 2.78. The highest BCUT2D eigenvalue weighted by molar-refractivity contribution is 8.14. The zero-order valence-corrected chi connectivity index (χ0v) is 20.5. The van der Waals surface area contributed by atoms with Crippen molar-refractivity contribution in [2.45, 2.75) is 57.4 Å². The van der Waals surface area contributed by atoms with Crippen molar-refractivity contribution in [3.8, 4) is 0 Å². The first-order chi connectivity index (χ1) is 16.2. The third-order valence-electron chi connectivity index (χ3n) is 5.10. The number of rotatable bonds is 12. The van der Waals surface area contributed by atoms with E-state index in [0.717, 1.165) is 22.9 Å². The first-order valence-electron chi connectivity index (χ1n) is 11.2. The van der Waals surface area contributed by atoms with E-state index in [4.69, 9.17) is 0 Å². The number of carbonyl (C=O) groups excluding carboxylic acids is 3. The van der Waals surface area contributed by atoms with Crippen molar-refractivity contribution >= 4 is 34.7 Å². The van der Waals surface area contributed by atoms with E-state index in [1.54, 1.807) is 24.3 Å². The Bertz CT molecular complexity index is 966. The van der Waals surface area contributed by atoms with Gasteiger partial charge in [0.05, 0.1) is 5.25 Å². The molecule has 3 atom stereocenters. The molecule has 2 amide bonds. The number of carbonyl (C=O) groups is 4. The van der Waals surface area contributed by atoms with Gasteiger partial charge in [-0.3, -0.25) is 14.4 Å². The lowest BCUT2D eigenvalue weighted by molar-refractivity contribution is -0.142. The highest BCUT2D eigenvalue weighted by Crippen LogP contribution is 2.19. The van der Waals surface area contributed by atoms with Crippen LogP contribution in [0.2, 0.25) is 0 Å². The van der Waals surface area contributed by atoms with Crippen molar-refractivity contribution in [1.82, 2.24) is 10.6 Å². The number of amides is 2. The molecule has 3 N–H and O–H groups in total. The van der Waals surface area contributed by atoms with Crippen molar-refractivity contribution in [3.63, 3.8) is 0 Å². The van der Waals surface area contributed by atoms with E-state index in [2.05, 4.69) is 10.6 Å². The van der Waals surface area contributed by atoms with Crippen molar-refractivity contribution < 1.29 is 24.3 Å². The van der Waals surface area contributed by atoms with Gasteiger partial charge in [0, 0.05) is 13.3 Å². The second kappa shape index (κ2) is 13.5. The zero-order chi connectivity index (χ0) is 25.1. The van der Waals surface area contributed by atoms with Gasteiger partial charge in [-0.15, -0.1) is 0 Å². The van der Waals surface area contributed by atoms with Crippen LogP contribution in [0.25, 0.3) is 0 Å². The summed E-state index contributed by atoms with van der Waals surface area (Å²) in [7, 11) is 0. The summed E-state index contributed by atoms with van der Waals surface area (Å²) in [6, 6.07) is 16.3. The van der Waals surface area contributed by atoms with Crippen LogP contribution in [0.1, 0.15) is 38.3 Å². The predicted molar refractivity (Wildman–Crippen MR) is 133 cm³/mol. The molecule has 0 aliphatic heterocycles. The molecule has 0 aromatic heterocycles. The molecule has 7 nitrogen and oxygen atoms in total. The van der Waals surface area contributed by atoms with Crippen LogP contribution in [0.4, 0.5) is 0 Å². The maximum Gasteiger partial charge on any atom is 0.326 e. The van der Waals surface area contributed by atoms with E-state index in [1.165, 1.54) is 6.92 Å². The molecule has 0 fully saturated rings. The highest BCUT2D eigenvalue weighted by atomic mass is 32.2. The van der Waals surface area contributed by atoms with E-state index in [0.29, 0.717) is 12.8 Å². The van der Waals surface area contributed by atoms with E-state index >= 15 is 0 Å². The number of nitrogens with one attached hydrogen (secondary N) is 2. The standard InChI is InChI=1S/C26H32N2O5S/c1-17(2)14-21(24(30)28-22(26(32)33)15-19-10-6-4-7-11-19)27-25(31)23(34-18(3)29)16-20-12-8-5-9-13-20/h4-13,17,21-23H,14-16H2,1-3H3,(H,27,31)(H,28,30)(H,32,33)/t21-,22-,23?/m0/s1. The van der Waals surface area contributed by atoms with E-state index < -0.39 is 35.1 Å². The topological polar surface area (TPSA) is 113 Å². The van der Waals surface area contributed by atoms with Crippen molar-refractivity contribution in [2.75, 3.05) is 0 Å². The number of carboxylic acids is 1. The van der Waals surface area contributed by atoms with Gasteiger partial charge in [-0.2, -0.15) is 0 Å². The Morgan fingerprint density at radius 1 is 0.794 bits per heavy atom. The molecular formula is C26H32N2O5S. The zero-order valence-electron chi connectivity index (χ0n) is 19.7. The first-order valence-corrected chi connectivity index (χ1v) is 12.1. The molecule has 0 radical (unpaired) electrons. The molecule has 2 aromatic rings. The summed E-state index contributed by atoms with van der Waals surface area (Å²) in [6.45, 7) is 5.23. The second-order valence-electron chi connectivity index (χ2n) is 8.57. The van der Waals surface area contributed by atoms with Gasteiger partial charge in [-0.05, 0) is 29.9 Å². The van der Waals surface area contributed by atoms with Crippen LogP contribution in [-0.4, -0.2) is 45.3 Å². The lowest BCUT2D eigenvalue weighted by Gasteiger charge is -2.25. The van der Waals surface area contributed by atoms with Gasteiger partial charge in [-0.1, -0.05) is 86.3 Å². The summed E-state index contributed by atoms with van der Waals surface area (Å²) in [5.41, 5.74) is 1.68. The summed E-state index contributed by atoms with van der Waals surface area (Å²) >= 11 is 0.919. The second-order valence-corrected chi connectivity index (χ2v) is 9.95. The van der Waals surface area contributed by atoms with Gasteiger partial charge in [0.15, 0.2) is 5.12 Å². The van der Waals surface area contributed by atoms with Gasteiger partial charge < -0.3 is 15.7 Å². The number of benzene rings is 2. The lowest BCUT2D eigenvalue weighted by Crippen LogP contribution is -2.54. The van der Waals surface area contributed by atoms with E-state index in [1.807, 2.05) is 50.2 Å². The van der Waals surface area contributed by atoms with Crippen LogP contribution < -0.4 is 10.6 Å². The number of carboxylic acid groups (broad SMARTS) is 1. The summed E-state index contributed by atoms with van der Waals surface area (Å²) in [4.78, 5) is 49.7. The fraction of sp³-hybridized carbons (Fsp3) is 0.385. The monoisotopic (exact) mass is 484 g/mol. The van der Waals surface area contributed by atoms with Crippen LogP contribution in [0, 0.1) is 5.92 Å². The fourth-order valence-corrected chi connectivity index (χ4v) is 4.36. The average molecular weight is 485 g/mol. The molecule has 1 unspecified atom stereocenters. The van der Waals surface area contributed by atoms with Crippen molar-refractivity contribution in [3.05, 3.63) is 71.8 Å². The molecule has 0 aliphatic carbocycles. The maximum atomic E-state index is 13.1. The lowest BCUT2D eigenvalue weighted by atomic mass is 10.0. The molecule has 0 aliphatic rings. The van der Waals surface area contributed by atoms with Gasteiger partial charge in [0.2, 0.25) is 11.8 Å². The van der Waals surface area contributed by atoms with E-state index in [-0.39, 0.29) is 17.5 Å². The fourth-order valence-electron chi connectivity index (χ4n) is 3.51. The maximum absolute atomic E-state index is 13.1. The van der Waals surface area contributed by atoms with Crippen LogP contribution >= 0.6 is 11.8 Å². The molecule has 0 saturated carbocycles. The minimum atomic E-state index is -1.15. The molecule has 34 heavy (non-hydrogen) atoms. The third kappa shape index (κ3) is 9.39. The number of hydrogen-bond acceptors (Lipinski definition) is 5. The molecule has 0 saturated heterocycles. The van der Waals surface area contributed by atoms with Gasteiger partial charge in [0.1, 0.15) is 12.1 Å². The molecule has 2 rings (SSSR count). The molecule has 182 valence electrons. The van der Waals surface area contributed by atoms with Crippen molar-refractivity contribution in [1.29, 1.82) is 0 Å². The normalized spacial score (nSPS) is 13.5. The Morgan fingerprint density at radius 3 is 1.76 bits per heavy atom. The Balaban J connectivity index is 2.14. The Morgan fingerprint density at radius 2 is 1.29 bits per heavy atom. The first kappa shape index (κ1) is 27.1. The van der Waals surface area contributed by atoms with E-state index in [9.17, 15) is 24.3 Å². The summed E-state index contributed by atoms with van der Waals surface area (Å²) in [5.74, 6) is -2.07. The molecule has 2 aromatic carbocycles. The van der Waals surface area contributed by atoms with Gasteiger partial charge in [-0.25, -0.2) is 4.79 Å². The van der Waals surface area contributed by atoms with Crippen LogP contribution in [0.3, 0.4) is 0 Å². The summed E-state index contributed by atoms with van der Waals surface area (Å²) in [5, 5.41) is 14.1. The van der Waals surface area contributed by atoms with Crippen molar-refractivity contribution in [2.24, 2.45) is 5.92 Å². The molecule has 0 spiro atoms. The van der Waals surface area contributed by atoms with Gasteiger partial charge >= 0.3 is 5.97 Å². The minimum Gasteiger partial charge on any atom is -0.480 e. The summed E-state index contributed by atoms with van der Waals surface area (Å²) < 4.78 is 0. The van der Waals surface area contributed by atoms with Crippen LogP contribution in [-0.2, 0) is 32.0 Å². The third-order valence-corrected chi connectivity index (χ3v) is 6.10. The molecule has 8 heteroatoms. The number of hydrogen-bond donors (Lipinski definition) is 3. The molecule has 0 bridgehead atoms. The SMILES string of the molecule is CC(=O)SC(Cc1ccccc1)C(=O)N[C@@H](CC(C)C)C(=O)N[C@@H](Cc1ccccc1)C(=O)O. The van der Waals surface area contributed by atoms with Crippen LogP contribution in [0.15, 0.2) is 60.7 Å². The predicted octanol–water partition coefficient (Wildman–Crippen LogP) is 3.22. The quantitative estimate of drug-likeness (QED) is 0.426. The summed E-state index contributed by atoms with van der Waals surface area (Å²) in [6.07, 6.45) is 0.790. The Hall–Kier alpha value is -3.13. The van der Waals surface area contributed by atoms with Gasteiger partial charge in [0.25, 0.3) is 0 Å².